The Morgan fingerprint density at radius 3 is 2.88 bits per heavy atom. The third-order valence-electron chi connectivity index (χ3n) is 4.36. The second kappa shape index (κ2) is 4.88. The maximum atomic E-state index is 6.29. The molecule has 0 bridgehead atoms. The molecule has 3 rings (SSSR count). The molecular weight excluding hydrogens is 234 g/mol. The lowest BCUT2D eigenvalue weighted by atomic mass is 9.80. The molecule has 3 N–H and O–H groups in total. The molecule has 5 atom stereocenters. The minimum atomic E-state index is 0.299. The summed E-state index contributed by atoms with van der Waals surface area (Å²) in [5.74, 6) is 2.01. The van der Waals surface area contributed by atoms with Gasteiger partial charge < -0.3 is 16.0 Å². The molecule has 3 nitrogen and oxygen atoms in total. The Morgan fingerprint density at radius 2 is 2.06 bits per heavy atom. The number of fused-ring (bicyclic) bond motifs is 1. The average molecular weight is 256 g/mol. The number of nitrogens with one attached hydrogen (secondary N) is 3. The van der Waals surface area contributed by atoms with Crippen molar-refractivity contribution in [1.29, 1.82) is 0 Å². The van der Waals surface area contributed by atoms with Gasteiger partial charge in [0.05, 0.1) is 6.17 Å². The quantitative estimate of drug-likeness (QED) is 0.482. The number of alkyl halides is 1. The van der Waals surface area contributed by atoms with E-state index in [1.54, 1.807) is 5.57 Å². The van der Waals surface area contributed by atoms with Crippen molar-refractivity contribution < 1.29 is 0 Å². The molecule has 96 valence electrons. The van der Waals surface area contributed by atoms with Crippen LogP contribution >= 0.6 is 11.6 Å². The van der Waals surface area contributed by atoms with Crippen molar-refractivity contribution in [3.05, 3.63) is 11.6 Å². The highest BCUT2D eigenvalue weighted by Crippen LogP contribution is 2.35. The fraction of sp³-hybridized carbons (Fsp3) is 0.846. The van der Waals surface area contributed by atoms with Gasteiger partial charge in [0.25, 0.3) is 0 Å². The van der Waals surface area contributed by atoms with Crippen LogP contribution in [0.15, 0.2) is 11.6 Å². The molecule has 0 aromatic heterocycles. The molecular formula is C13H22ClN3. The average Bonchev–Trinajstić information content (AvgIpc) is 2.71. The molecule has 0 spiro atoms. The van der Waals surface area contributed by atoms with Gasteiger partial charge in [0.2, 0.25) is 0 Å². The van der Waals surface area contributed by atoms with Gasteiger partial charge in [0, 0.05) is 31.6 Å². The highest BCUT2D eigenvalue weighted by Gasteiger charge is 2.41. The Kier molecular flexibility index (Phi) is 3.44. The lowest BCUT2D eigenvalue weighted by molar-refractivity contribution is 0.272. The first-order valence-electron chi connectivity index (χ1n) is 6.76. The van der Waals surface area contributed by atoms with Crippen LogP contribution in [0, 0.1) is 17.8 Å². The van der Waals surface area contributed by atoms with Gasteiger partial charge in [-0.3, -0.25) is 0 Å². The Bertz CT molecular complexity index is 318. The van der Waals surface area contributed by atoms with Crippen LogP contribution in [0.2, 0.25) is 0 Å². The summed E-state index contributed by atoms with van der Waals surface area (Å²) in [4.78, 5) is 0. The Labute approximate surface area is 108 Å². The summed E-state index contributed by atoms with van der Waals surface area (Å²) in [5.41, 5.74) is 1.59. The highest BCUT2D eigenvalue weighted by atomic mass is 35.5. The molecule has 0 aliphatic carbocycles. The molecule has 4 unspecified atom stereocenters. The maximum Gasteiger partial charge on any atom is 0.0608 e. The van der Waals surface area contributed by atoms with Crippen LogP contribution in [-0.4, -0.2) is 37.7 Å². The van der Waals surface area contributed by atoms with E-state index >= 15 is 0 Å². The van der Waals surface area contributed by atoms with E-state index in [9.17, 15) is 0 Å². The second-order valence-electron chi connectivity index (χ2n) is 5.75. The van der Waals surface area contributed by atoms with Crippen molar-refractivity contribution in [2.75, 3.05) is 26.2 Å². The third kappa shape index (κ3) is 2.39. The minimum absolute atomic E-state index is 0.299. The fourth-order valence-corrected chi connectivity index (χ4v) is 3.83. The van der Waals surface area contributed by atoms with E-state index < -0.39 is 0 Å². The molecule has 17 heavy (non-hydrogen) atoms. The van der Waals surface area contributed by atoms with Crippen molar-refractivity contribution in [3.63, 3.8) is 0 Å². The molecule has 3 heterocycles. The molecule has 3 aliphatic rings. The summed E-state index contributed by atoms with van der Waals surface area (Å²) < 4.78 is 0. The summed E-state index contributed by atoms with van der Waals surface area (Å²) in [6.45, 7) is 6.51. The number of hydrogen-bond donors (Lipinski definition) is 3. The van der Waals surface area contributed by atoms with Gasteiger partial charge in [-0.2, -0.15) is 0 Å². The zero-order valence-corrected chi connectivity index (χ0v) is 11.1. The van der Waals surface area contributed by atoms with Gasteiger partial charge in [-0.25, -0.2) is 0 Å². The smallest absolute Gasteiger partial charge is 0.0608 e. The molecule has 4 heteroatoms. The summed E-state index contributed by atoms with van der Waals surface area (Å²) in [5, 5.41) is 10.9. The molecule has 2 saturated heterocycles. The van der Waals surface area contributed by atoms with Crippen LogP contribution in [0.4, 0.5) is 0 Å². The first-order valence-corrected chi connectivity index (χ1v) is 7.20. The van der Waals surface area contributed by atoms with E-state index in [1.807, 2.05) is 0 Å². The van der Waals surface area contributed by atoms with Crippen molar-refractivity contribution in [3.8, 4) is 0 Å². The van der Waals surface area contributed by atoms with Crippen LogP contribution in [-0.2, 0) is 0 Å². The van der Waals surface area contributed by atoms with Gasteiger partial charge in [-0.1, -0.05) is 18.6 Å². The molecule has 3 aliphatic heterocycles. The standard InChI is InChI=1S/C13H22ClN3/c1-8-2-9(5-15-4-8)12-7-17-13-11(12)3-10(14)6-16-13/h2,8,10-13,15-17H,3-7H2,1H3/t8-,10?,11?,12?,13?/m0/s1. The van der Waals surface area contributed by atoms with Crippen LogP contribution in [0.3, 0.4) is 0 Å². The highest BCUT2D eigenvalue weighted by molar-refractivity contribution is 6.20. The molecule has 0 radical (unpaired) electrons. The number of halogens is 1. The zero-order chi connectivity index (χ0) is 11.8. The van der Waals surface area contributed by atoms with Crippen LogP contribution in [0.5, 0.6) is 0 Å². The Balaban J connectivity index is 1.75. The summed E-state index contributed by atoms with van der Waals surface area (Å²) in [6.07, 6.45) is 4.10. The largest absolute Gasteiger partial charge is 0.312 e. The molecule has 2 fully saturated rings. The van der Waals surface area contributed by atoms with Crippen molar-refractivity contribution in [1.82, 2.24) is 16.0 Å². The van der Waals surface area contributed by atoms with E-state index in [-0.39, 0.29) is 0 Å². The van der Waals surface area contributed by atoms with E-state index in [4.69, 9.17) is 11.6 Å². The van der Waals surface area contributed by atoms with Gasteiger partial charge in [-0.05, 0) is 24.2 Å². The normalized spacial score (nSPS) is 46.5. The summed E-state index contributed by atoms with van der Waals surface area (Å²) in [7, 11) is 0. The predicted octanol–water partition coefficient (Wildman–Crippen LogP) is 0.915. The lowest BCUT2D eigenvalue weighted by Crippen LogP contribution is -2.50. The van der Waals surface area contributed by atoms with Crippen molar-refractivity contribution in [2.45, 2.75) is 24.9 Å². The van der Waals surface area contributed by atoms with E-state index in [0.717, 1.165) is 32.6 Å². The minimum Gasteiger partial charge on any atom is -0.312 e. The summed E-state index contributed by atoms with van der Waals surface area (Å²) in [6, 6.07) is 0. The van der Waals surface area contributed by atoms with Crippen molar-refractivity contribution in [2.24, 2.45) is 17.8 Å². The maximum absolute atomic E-state index is 6.29. The SMILES string of the molecule is C[C@H]1C=C(C2CNC3NCC(Cl)CC32)CNC1. The van der Waals surface area contributed by atoms with Crippen molar-refractivity contribution >= 4 is 11.6 Å². The number of hydrogen-bond acceptors (Lipinski definition) is 3. The first kappa shape index (κ1) is 12.0. The number of rotatable bonds is 1. The van der Waals surface area contributed by atoms with Gasteiger partial charge in [-0.15, -0.1) is 11.6 Å². The molecule has 0 aromatic carbocycles. The zero-order valence-electron chi connectivity index (χ0n) is 10.4. The topological polar surface area (TPSA) is 36.1 Å². The second-order valence-corrected chi connectivity index (χ2v) is 6.36. The van der Waals surface area contributed by atoms with E-state index in [2.05, 4.69) is 29.0 Å². The number of piperidine rings is 1. The van der Waals surface area contributed by atoms with Crippen LogP contribution in [0.1, 0.15) is 13.3 Å². The van der Waals surface area contributed by atoms with E-state index in [0.29, 0.717) is 29.3 Å². The predicted molar refractivity (Wildman–Crippen MR) is 71.1 cm³/mol. The lowest BCUT2D eigenvalue weighted by Gasteiger charge is -2.34. The monoisotopic (exact) mass is 255 g/mol. The van der Waals surface area contributed by atoms with E-state index in [1.165, 1.54) is 0 Å². The Morgan fingerprint density at radius 1 is 1.24 bits per heavy atom. The summed E-state index contributed by atoms with van der Waals surface area (Å²) >= 11 is 6.29. The third-order valence-corrected chi connectivity index (χ3v) is 4.69. The van der Waals surface area contributed by atoms with Gasteiger partial charge in [0.1, 0.15) is 0 Å². The van der Waals surface area contributed by atoms with Gasteiger partial charge >= 0.3 is 0 Å². The molecule has 0 amide bonds. The molecule has 0 saturated carbocycles. The van der Waals surface area contributed by atoms with Crippen LogP contribution in [0.25, 0.3) is 0 Å². The Hall–Kier alpha value is -0.0900. The molecule has 0 aromatic rings. The first-order chi connectivity index (χ1) is 8.24. The fourth-order valence-electron chi connectivity index (χ4n) is 3.53. The van der Waals surface area contributed by atoms with Crippen LogP contribution < -0.4 is 16.0 Å². The van der Waals surface area contributed by atoms with Gasteiger partial charge in [0.15, 0.2) is 0 Å².